The quantitative estimate of drug-likeness (QED) is 0.621. The summed E-state index contributed by atoms with van der Waals surface area (Å²) >= 11 is 0. The fraction of sp³-hybridized carbons (Fsp3) is 0.833. The molecule has 0 rings (SSSR count). The second kappa shape index (κ2) is 4.32. The molecule has 3 heteroatoms. The van der Waals surface area contributed by atoms with Crippen LogP contribution in [-0.2, 0) is 9.53 Å². The van der Waals surface area contributed by atoms with Gasteiger partial charge in [0.1, 0.15) is 0 Å². The first-order valence-electron chi connectivity index (χ1n) is 3.79. The van der Waals surface area contributed by atoms with E-state index >= 15 is 0 Å². The lowest BCUT2D eigenvalue weighted by atomic mass is 10.4. The third-order valence-corrected chi connectivity index (χ3v) is 0.752. The molecule has 0 spiro atoms. The molecular formula is C6H12O3. The zero-order valence-corrected chi connectivity index (χ0v) is 5.55. The zero-order valence-electron chi connectivity index (χ0n) is 7.55. The lowest BCUT2D eigenvalue weighted by molar-refractivity contribution is -0.149. The van der Waals surface area contributed by atoms with Crippen molar-refractivity contribution in [3.8, 4) is 0 Å². The van der Waals surface area contributed by atoms with Gasteiger partial charge in [0.2, 0.25) is 0 Å². The topological polar surface area (TPSA) is 46.5 Å². The Hall–Kier alpha value is -0.570. The summed E-state index contributed by atoms with van der Waals surface area (Å²) in [6.07, 6.45) is -0.949. The Morgan fingerprint density at radius 2 is 2.56 bits per heavy atom. The maximum absolute atomic E-state index is 10.2. The minimum Gasteiger partial charge on any atom is -0.479 e. The summed E-state index contributed by atoms with van der Waals surface area (Å²) in [5.74, 6) is -1.15. The smallest absolute Gasteiger partial charge is 0.332 e. The van der Waals surface area contributed by atoms with E-state index in [1.807, 2.05) is 0 Å². The van der Waals surface area contributed by atoms with Gasteiger partial charge in [-0.1, -0.05) is 6.92 Å². The second-order valence-corrected chi connectivity index (χ2v) is 1.60. The van der Waals surface area contributed by atoms with Gasteiger partial charge in [-0.05, 0) is 13.3 Å². The van der Waals surface area contributed by atoms with Crippen LogP contribution in [-0.4, -0.2) is 23.7 Å². The molecule has 9 heavy (non-hydrogen) atoms. The molecule has 0 heterocycles. The number of aliphatic carboxylic acids is 1. The molecule has 0 saturated heterocycles. The second-order valence-electron chi connectivity index (χ2n) is 1.60. The van der Waals surface area contributed by atoms with Crippen LogP contribution in [0.1, 0.15) is 23.0 Å². The highest BCUT2D eigenvalue weighted by Gasteiger charge is 2.08. The maximum atomic E-state index is 10.2. The minimum atomic E-state index is -1.84. The monoisotopic (exact) mass is 134 g/mol. The lowest BCUT2D eigenvalue weighted by Gasteiger charge is -2.05. The molecule has 0 amide bonds. The summed E-state index contributed by atoms with van der Waals surface area (Å²) < 4.78 is 18.7. The number of hydrogen-bond acceptors (Lipinski definition) is 2. The van der Waals surface area contributed by atoms with Gasteiger partial charge < -0.3 is 9.84 Å². The van der Waals surface area contributed by atoms with Crippen LogP contribution in [0, 0.1) is 0 Å². The highest BCUT2D eigenvalue weighted by molar-refractivity contribution is 5.71. The third kappa shape index (κ3) is 3.97. The van der Waals surface area contributed by atoms with Gasteiger partial charge in [-0.2, -0.15) is 0 Å². The number of carboxylic acid groups (broad SMARTS) is 1. The summed E-state index contributed by atoms with van der Waals surface area (Å²) in [6, 6.07) is 0. The number of ether oxygens (including phenoxy) is 1. The van der Waals surface area contributed by atoms with Crippen molar-refractivity contribution in [3.63, 3.8) is 0 Å². The summed E-state index contributed by atoms with van der Waals surface area (Å²) in [5, 5.41) is 8.35. The average Bonchev–Trinajstić information content (AvgIpc) is 1.87. The molecule has 1 unspecified atom stereocenters. The number of carbonyl (C=O) groups is 1. The summed E-state index contributed by atoms with van der Waals surface area (Å²) in [6.45, 7) is 1.06. The van der Waals surface area contributed by atoms with Crippen molar-refractivity contribution in [2.24, 2.45) is 0 Å². The normalized spacial score (nSPS) is 18.0. The Labute approximate surface area is 57.4 Å². The van der Waals surface area contributed by atoms with E-state index in [0.29, 0.717) is 0 Å². The SMILES string of the molecule is [2H]C([2H])(CC)OC(C)C(=O)O. The van der Waals surface area contributed by atoms with E-state index in [9.17, 15) is 4.79 Å². The number of hydrogen-bond donors (Lipinski definition) is 1. The van der Waals surface area contributed by atoms with E-state index in [0.717, 1.165) is 0 Å². The van der Waals surface area contributed by atoms with Gasteiger partial charge in [0.15, 0.2) is 6.10 Å². The van der Waals surface area contributed by atoms with Crippen LogP contribution >= 0.6 is 0 Å². The Balaban J connectivity index is 3.93. The highest BCUT2D eigenvalue weighted by Crippen LogP contribution is 1.90. The molecule has 0 fully saturated rings. The van der Waals surface area contributed by atoms with E-state index < -0.39 is 18.6 Å². The molecule has 0 radical (unpaired) electrons. The summed E-state index contributed by atoms with van der Waals surface area (Å²) in [4.78, 5) is 10.2. The molecule has 0 aliphatic heterocycles. The van der Waals surface area contributed by atoms with Crippen molar-refractivity contribution in [1.29, 1.82) is 0 Å². The molecule has 54 valence electrons. The predicted molar refractivity (Wildman–Crippen MR) is 33.3 cm³/mol. The van der Waals surface area contributed by atoms with E-state index in [1.165, 1.54) is 6.92 Å². The van der Waals surface area contributed by atoms with Gasteiger partial charge in [-0.3, -0.25) is 0 Å². The van der Waals surface area contributed by atoms with E-state index in [1.54, 1.807) is 6.92 Å². The van der Waals surface area contributed by atoms with Crippen molar-refractivity contribution in [2.45, 2.75) is 26.4 Å². The van der Waals surface area contributed by atoms with Crippen molar-refractivity contribution >= 4 is 5.97 Å². The molecule has 1 N–H and O–H groups in total. The van der Waals surface area contributed by atoms with Crippen molar-refractivity contribution in [3.05, 3.63) is 0 Å². The van der Waals surface area contributed by atoms with Gasteiger partial charge >= 0.3 is 5.97 Å². The first-order chi connectivity index (χ1) is 4.89. The molecule has 0 aromatic rings. The molecule has 0 aromatic carbocycles. The fourth-order valence-electron chi connectivity index (χ4n) is 0.259. The van der Waals surface area contributed by atoms with Gasteiger partial charge in [0.25, 0.3) is 0 Å². The molecule has 0 bridgehead atoms. The molecule has 0 aliphatic rings. The zero-order chi connectivity index (χ0) is 9.07. The molecule has 3 nitrogen and oxygen atoms in total. The van der Waals surface area contributed by atoms with Gasteiger partial charge in [-0.25, -0.2) is 4.79 Å². The standard InChI is InChI=1S/C6H12O3/c1-3-4-9-5(2)6(7)8/h5H,3-4H2,1-2H3,(H,7,8)/i4D2. The van der Waals surface area contributed by atoms with Crippen LogP contribution in [0.3, 0.4) is 0 Å². The van der Waals surface area contributed by atoms with E-state index in [-0.39, 0.29) is 6.42 Å². The highest BCUT2D eigenvalue weighted by atomic mass is 16.5. The Bertz CT molecular complexity index is 147. The summed E-state index contributed by atoms with van der Waals surface area (Å²) in [7, 11) is 0. The van der Waals surface area contributed by atoms with Crippen LogP contribution in [0.25, 0.3) is 0 Å². The van der Waals surface area contributed by atoms with Gasteiger partial charge in [0.05, 0.1) is 2.74 Å². The van der Waals surface area contributed by atoms with Crippen molar-refractivity contribution < 1.29 is 17.4 Å². The fourth-order valence-corrected chi connectivity index (χ4v) is 0.259. The average molecular weight is 134 g/mol. The van der Waals surface area contributed by atoms with E-state index in [4.69, 9.17) is 7.85 Å². The Kier molecular flexibility index (Phi) is 2.51. The first kappa shape index (κ1) is 5.23. The van der Waals surface area contributed by atoms with E-state index in [2.05, 4.69) is 4.74 Å². The molecule has 0 aromatic heterocycles. The Morgan fingerprint density at radius 3 is 2.89 bits per heavy atom. The Morgan fingerprint density at radius 1 is 2.00 bits per heavy atom. The third-order valence-electron chi connectivity index (χ3n) is 0.752. The molecular weight excluding hydrogens is 120 g/mol. The van der Waals surface area contributed by atoms with Gasteiger partial charge in [0, 0.05) is 6.56 Å². The van der Waals surface area contributed by atoms with Crippen LogP contribution in [0.15, 0.2) is 0 Å². The van der Waals surface area contributed by atoms with Crippen molar-refractivity contribution in [2.75, 3.05) is 6.56 Å². The number of carboxylic acids is 1. The van der Waals surface area contributed by atoms with Crippen LogP contribution in [0.5, 0.6) is 0 Å². The van der Waals surface area contributed by atoms with Crippen molar-refractivity contribution in [1.82, 2.24) is 0 Å². The predicted octanol–water partition coefficient (Wildman–Crippen LogP) is 0.886. The minimum absolute atomic E-state index is 0.143. The lowest BCUT2D eigenvalue weighted by Crippen LogP contribution is -2.19. The molecule has 1 atom stereocenters. The maximum Gasteiger partial charge on any atom is 0.332 e. The first-order valence-corrected chi connectivity index (χ1v) is 2.79. The molecule has 0 saturated carbocycles. The largest absolute Gasteiger partial charge is 0.479 e. The van der Waals surface area contributed by atoms with Crippen LogP contribution < -0.4 is 0 Å². The van der Waals surface area contributed by atoms with Crippen LogP contribution in [0.4, 0.5) is 0 Å². The number of rotatable bonds is 4. The summed E-state index contributed by atoms with van der Waals surface area (Å²) in [5.41, 5.74) is 0. The van der Waals surface area contributed by atoms with Gasteiger partial charge in [-0.15, -0.1) is 0 Å². The van der Waals surface area contributed by atoms with Crippen LogP contribution in [0.2, 0.25) is 0 Å². The molecule has 0 aliphatic carbocycles.